The van der Waals surface area contributed by atoms with Crippen LogP contribution in [0, 0.1) is 5.92 Å². The third-order valence-electron chi connectivity index (χ3n) is 5.11. The standard InChI is InChI=1S/C23H28N2O3/c1-16(2)14-21(24-22(26)18-8-10-20(28-3)11-9-18)23(27)25-13-12-17-6-4-5-7-19(17)15-25/h4-11,16,21H,12-15H2,1-3H3,(H,24,26)/t21-/m1/s1. The Labute approximate surface area is 166 Å². The molecule has 28 heavy (non-hydrogen) atoms. The fourth-order valence-corrected chi connectivity index (χ4v) is 3.58. The molecule has 0 radical (unpaired) electrons. The van der Waals surface area contributed by atoms with Gasteiger partial charge >= 0.3 is 0 Å². The summed E-state index contributed by atoms with van der Waals surface area (Å²) in [7, 11) is 1.59. The average molecular weight is 380 g/mol. The van der Waals surface area contributed by atoms with Gasteiger partial charge < -0.3 is 15.0 Å². The highest BCUT2D eigenvalue weighted by molar-refractivity contribution is 5.97. The number of amides is 2. The zero-order valence-corrected chi connectivity index (χ0v) is 16.8. The van der Waals surface area contributed by atoms with Crippen LogP contribution in [-0.2, 0) is 17.8 Å². The van der Waals surface area contributed by atoms with Gasteiger partial charge in [-0.05, 0) is 54.2 Å². The molecule has 0 aromatic heterocycles. The number of nitrogens with zero attached hydrogens (tertiary/aromatic N) is 1. The molecule has 0 saturated heterocycles. The van der Waals surface area contributed by atoms with Crippen LogP contribution in [0.5, 0.6) is 5.75 Å². The lowest BCUT2D eigenvalue weighted by atomic mass is 9.97. The van der Waals surface area contributed by atoms with Crippen LogP contribution >= 0.6 is 0 Å². The maximum absolute atomic E-state index is 13.2. The maximum Gasteiger partial charge on any atom is 0.251 e. The minimum atomic E-state index is -0.528. The number of methoxy groups -OCH3 is 1. The van der Waals surface area contributed by atoms with Gasteiger partial charge in [0.1, 0.15) is 11.8 Å². The Kier molecular flexibility index (Phi) is 6.34. The first-order valence-electron chi connectivity index (χ1n) is 9.78. The first-order chi connectivity index (χ1) is 13.5. The summed E-state index contributed by atoms with van der Waals surface area (Å²) in [6, 6.07) is 14.6. The Hall–Kier alpha value is -2.82. The summed E-state index contributed by atoms with van der Waals surface area (Å²) in [6.07, 6.45) is 1.46. The van der Waals surface area contributed by atoms with Gasteiger partial charge in [0.05, 0.1) is 7.11 Å². The normalized spacial score (nSPS) is 14.4. The van der Waals surface area contributed by atoms with E-state index < -0.39 is 6.04 Å². The molecule has 0 unspecified atom stereocenters. The molecule has 0 saturated carbocycles. The first-order valence-corrected chi connectivity index (χ1v) is 9.78. The second-order valence-corrected chi connectivity index (χ2v) is 7.66. The number of rotatable bonds is 6. The second kappa shape index (κ2) is 8.91. The van der Waals surface area contributed by atoms with Gasteiger partial charge in [0, 0.05) is 18.7 Å². The number of nitrogens with one attached hydrogen (secondary N) is 1. The van der Waals surface area contributed by atoms with Crippen LogP contribution < -0.4 is 10.1 Å². The summed E-state index contributed by atoms with van der Waals surface area (Å²) in [4.78, 5) is 27.8. The molecule has 5 nitrogen and oxygen atoms in total. The van der Waals surface area contributed by atoms with Crippen molar-refractivity contribution in [1.29, 1.82) is 0 Å². The summed E-state index contributed by atoms with van der Waals surface area (Å²) in [5, 5.41) is 2.95. The highest BCUT2D eigenvalue weighted by Crippen LogP contribution is 2.20. The summed E-state index contributed by atoms with van der Waals surface area (Å²) in [5.41, 5.74) is 3.01. The molecule has 2 aromatic rings. The van der Waals surface area contributed by atoms with Gasteiger partial charge in [-0.15, -0.1) is 0 Å². The molecule has 1 heterocycles. The predicted molar refractivity (Wildman–Crippen MR) is 109 cm³/mol. The van der Waals surface area contributed by atoms with Crippen molar-refractivity contribution in [3.8, 4) is 5.75 Å². The molecule has 0 bridgehead atoms. The Morgan fingerprint density at radius 3 is 2.39 bits per heavy atom. The zero-order chi connectivity index (χ0) is 20.1. The number of fused-ring (bicyclic) bond motifs is 1. The molecule has 2 aromatic carbocycles. The predicted octanol–water partition coefficient (Wildman–Crippen LogP) is 3.42. The van der Waals surface area contributed by atoms with Crippen molar-refractivity contribution >= 4 is 11.8 Å². The Balaban J connectivity index is 1.72. The number of carbonyl (C=O) groups is 2. The number of hydrogen-bond donors (Lipinski definition) is 1. The lowest BCUT2D eigenvalue weighted by molar-refractivity contribution is -0.134. The third-order valence-corrected chi connectivity index (χ3v) is 5.11. The topological polar surface area (TPSA) is 58.6 Å². The fraction of sp³-hybridized carbons (Fsp3) is 0.391. The van der Waals surface area contributed by atoms with Gasteiger partial charge in [0.2, 0.25) is 5.91 Å². The minimum absolute atomic E-state index is 0.00920. The molecule has 0 aliphatic carbocycles. The van der Waals surface area contributed by atoms with E-state index in [0.717, 1.165) is 6.42 Å². The van der Waals surface area contributed by atoms with Crippen LogP contribution in [0.3, 0.4) is 0 Å². The van der Waals surface area contributed by atoms with Crippen LogP contribution in [0.2, 0.25) is 0 Å². The molecule has 2 amide bonds. The van der Waals surface area contributed by atoms with Crippen molar-refractivity contribution in [2.24, 2.45) is 5.92 Å². The van der Waals surface area contributed by atoms with E-state index in [0.29, 0.717) is 36.7 Å². The summed E-state index contributed by atoms with van der Waals surface area (Å²) in [6.45, 7) is 5.40. The number of hydrogen-bond acceptors (Lipinski definition) is 3. The van der Waals surface area contributed by atoms with Crippen LogP contribution in [0.1, 0.15) is 41.8 Å². The van der Waals surface area contributed by atoms with Crippen LogP contribution in [0.25, 0.3) is 0 Å². The van der Waals surface area contributed by atoms with E-state index in [2.05, 4.69) is 31.3 Å². The third kappa shape index (κ3) is 4.71. The molecular formula is C23H28N2O3. The van der Waals surface area contributed by atoms with Crippen molar-refractivity contribution in [3.05, 3.63) is 65.2 Å². The summed E-state index contributed by atoms with van der Waals surface area (Å²) in [5.74, 6) is 0.740. The van der Waals surface area contributed by atoms with Crippen LogP contribution in [0.15, 0.2) is 48.5 Å². The van der Waals surface area contributed by atoms with Gasteiger partial charge in [-0.25, -0.2) is 0 Å². The van der Waals surface area contributed by atoms with Gasteiger partial charge in [0.15, 0.2) is 0 Å². The molecule has 5 heteroatoms. The fourth-order valence-electron chi connectivity index (χ4n) is 3.58. The molecule has 3 rings (SSSR count). The van der Waals surface area contributed by atoms with Crippen molar-refractivity contribution in [1.82, 2.24) is 10.2 Å². The number of ether oxygens (including phenoxy) is 1. The van der Waals surface area contributed by atoms with E-state index in [-0.39, 0.29) is 11.8 Å². The van der Waals surface area contributed by atoms with E-state index in [1.807, 2.05) is 17.0 Å². The SMILES string of the molecule is COc1ccc(C(=O)N[C@H](CC(C)C)C(=O)N2CCc3ccccc3C2)cc1. The summed E-state index contributed by atoms with van der Waals surface area (Å²) < 4.78 is 5.14. The second-order valence-electron chi connectivity index (χ2n) is 7.66. The molecule has 1 atom stereocenters. The van der Waals surface area contributed by atoms with Crippen LogP contribution in [0.4, 0.5) is 0 Å². The molecule has 0 fully saturated rings. The summed E-state index contributed by atoms with van der Waals surface area (Å²) >= 11 is 0. The van der Waals surface area contributed by atoms with E-state index >= 15 is 0 Å². The van der Waals surface area contributed by atoms with Gasteiger partial charge in [-0.1, -0.05) is 38.1 Å². The van der Waals surface area contributed by atoms with Crippen molar-refractivity contribution in [2.45, 2.75) is 39.3 Å². The van der Waals surface area contributed by atoms with E-state index in [4.69, 9.17) is 4.74 Å². The molecular weight excluding hydrogens is 352 g/mol. The Bertz CT molecular complexity index is 830. The first kappa shape index (κ1) is 19.9. The van der Waals surface area contributed by atoms with Crippen molar-refractivity contribution in [3.63, 3.8) is 0 Å². The van der Waals surface area contributed by atoms with E-state index in [1.54, 1.807) is 31.4 Å². The molecule has 0 spiro atoms. The lowest BCUT2D eigenvalue weighted by Crippen LogP contribution is -2.50. The average Bonchev–Trinajstić information content (AvgIpc) is 2.72. The molecule has 1 aliphatic heterocycles. The maximum atomic E-state index is 13.2. The minimum Gasteiger partial charge on any atom is -0.497 e. The highest BCUT2D eigenvalue weighted by Gasteiger charge is 2.29. The Morgan fingerprint density at radius 1 is 1.07 bits per heavy atom. The quantitative estimate of drug-likeness (QED) is 0.835. The van der Waals surface area contributed by atoms with Crippen molar-refractivity contribution < 1.29 is 14.3 Å². The Morgan fingerprint density at radius 2 is 1.75 bits per heavy atom. The van der Waals surface area contributed by atoms with E-state index in [9.17, 15) is 9.59 Å². The highest BCUT2D eigenvalue weighted by atomic mass is 16.5. The molecule has 148 valence electrons. The molecule has 1 aliphatic rings. The van der Waals surface area contributed by atoms with Crippen molar-refractivity contribution in [2.75, 3.05) is 13.7 Å². The molecule has 1 N–H and O–H groups in total. The number of benzene rings is 2. The lowest BCUT2D eigenvalue weighted by Gasteiger charge is -2.32. The van der Waals surface area contributed by atoms with Gasteiger partial charge in [0.25, 0.3) is 5.91 Å². The van der Waals surface area contributed by atoms with Crippen LogP contribution in [-0.4, -0.2) is 36.4 Å². The monoisotopic (exact) mass is 380 g/mol. The van der Waals surface area contributed by atoms with E-state index in [1.165, 1.54) is 11.1 Å². The smallest absolute Gasteiger partial charge is 0.251 e. The number of carbonyl (C=O) groups excluding carboxylic acids is 2. The van der Waals surface area contributed by atoms with Gasteiger partial charge in [-0.3, -0.25) is 9.59 Å². The largest absolute Gasteiger partial charge is 0.497 e. The zero-order valence-electron chi connectivity index (χ0n) is 16.8. The van der Waals surface area contributed by atoms with Gasteiger partial charge in [-0.2, -0.15) is 0 Å².